The third kappa shape index (κ3) is 4.18. The number of Topliss-reactive ketones (excluding diaryl/α,β-unsaturated/α-hetero) is 1. The van der Waals surface area contributed by atoms with Gasteiger partial charge >= 0.3 is 5.97 Å². The van der Waals surface area contributed by atoms with E-state index in [-0.39, 0.29) is 17.9 Å². The molecule has 3 rings (SSSR count). The van der Waals surface area contributed by atoms with Crippen LogP contribution in [-0.2, 0) is 4.74 Å². The lowest BCUT2D eigenvalue weighted by Crippen LogP contribution is -2.08. The number of aromatic amines is 1. The maximum absolute atomic E-state index is 12.9. The van der Waals surface area contributed by atoms with Gasteiger partial charge in [0, 0.05) is 16.6 Å². The predicted molar refractivity (Wildman–Crippen MR) is 112 cm³/mol. The SMILES string of the molecule is CCOC(=O)c1c(C)[nH]c(C(=O)C(C#N)=Cc2nc(-c3ccccc3)cs2)c1C. The standard InChI is InChI=1S/C22H19N3O3S/c1-4-28-22(27)19-13(2)20(24-14(19)3)21(26)16(11-23)10-18-25-17(12-29-18)15-8-6-5-7-9-15/h5-10,12,24H,4H2,1-3H3. The van der Waals surface area contributed by atoms with Gasteiger partial charge in [0.1, 0.15) is 16.6 Å². The molecule has 0 aliphatic rings. The predicted octanol–water partition coefficient (Wildman–Crippen LogP) is 4.72. The number of ketones is 1. The summed E-state index contributed by atoms with van der Waals surface area (Å²) in [4.78, 5) is 32.5. The molecule has 0 saturated heterocycles. The molecule has 2 heterocycles. The molecule has 146 valence electrons. The highest BCUT2D eigenvalue weighted by Crippen LogP contribution is 2.25. The van der Waals surface area contributed by atoms with Gasteiger partial charge in [0.2, 0.25) is 5.78 Å². The number of thiazole rings is 1. The number of allylic oxidation sites excluding steroid dienone is 1. The van der Waals surface area contributed by atoms with Crippen molar-refractivity contribution in [3.63, 3.8) is 0 Å². The van der Waals surface area contributed by atoms with Gasteiger partial charge in [-0.15, -0.1) is 11.3 Å². The van der Waals surface area contributed by atoms with Crippen molar-refractivity contribution in [1.82, 2.24) is 9.97 Å². The van der Waals surface area contributed by atoms with Crippen molar-refractivity contribution in [2.45, 2.75) is 20.8 Å². The lowest BCUT2D eigenvalue weighted by Gasteiger charge is -2.02. The minimum absolute atomic E-state index is 0.0567. The molecule has 0 fully saturated rings. The van der Waals surface area contributed by atoms with Gasteiger partial charge in [-0.2, -0.15) is 5.26 Å². The highest BCUT2D eigenvalue weighted by atomic mass is 32.1. The summed E-state index contributed by atoms with van der Waals surface area (Å²) in [5, 5.41) is 12.0. The summed E-state index contributed by atoms with van der Waals surface area (Å²) < 4.78 is 5.05. The summed E-state index contributed by atoms with van der Waals surface area (Å²) in [5.41, 5.74) is 3.22. The molecule has 0 spiro atoms. The smallest absolute Gasteiger partial charge is 0.340 e. The summed E-state index contributed by atoms with van der Waals surface area (Å²) in [6.07, 6.45) is 1.47. The maximum Gasteiger partial charge on any atom is 0.340 e. The highest BCUT2D eigenvalue weighted by Gasteiger charge is 2.25. The van der Waals surface area contributed by atoms with Gasteiger partial charge in [0.15, 0.2) is 0 Å². The van der Waals surface area contributed by atoms with Crippen LogP contribution in [0.5, 0.6) is 0 Å². The number of aromatic nitrogens is 2. The molecule has 0 aliphatic carbocycles. The van der Waals surface area contributed by atoms with Crippen LogP contribution in [0.25, 0.3) is 17.3 Å². The number of nitrogens with one attached hydrogen (secondary N) is 1. The Morgan fingerprint density at radius 1 is 1.28 bits per heavy atom. The molecule has 6 nitrogen and oxygen atoms in total. The van der Waals surface area contributed by atoms with Crippen LogP contribution in [0, 0.1) is 25.2 Å². The first kappa shape index (κ1) is 20.2. The second-order valence-corrected chi connectivity index (χ2v) is 7.17. The average Bonchev–Trinajstić information content (AvgIpc) is 3.30. The van der Waals surface area contributed by atoms with E-state index in [1.165, 1.54) is 17.4 Å². The van der Waals surface area contributed by atoms with Gasteiger partial charge in [-0.3, -0.25) is 4.79 Å². The lowest BCUT2D eigenvalue weighted by molar-refractivity contribution is 0.0525. The van der Waals surface area contributed by atoms with Gasteiger partial charge in [-0.25, -0.2) is 9.78 Å². The lowest BCUT2D eigenvalue weighted by atomic mass is 10.0. The first-order valence-corrected chi connectivity index (χ1v) is 9.88. The van der Waals surface area contributed by atoms with Crippen molar-refractivity contribution in [3.05, 3.63) is 68.8 Å². The Balaban J connectivity index is 1.92. The molecule has 0 atom stereocenters. The number of aryl methyl sites for hydroxylation is 1. The first-order valence-electron chi connectivity index (χ1n) is 9.00. The van der Waals surface area contributed by atoms with Crippen LogP contribution in [0.4, 0.5) is 0 Å². The Morgan fingerprint density at radius 2 is 2.00 bits per heavy atom. The molecule has 7 heteroatoms. The van der Waals surface area contributed by atoms with E-state index in [1.807, 2.05) is 41.8 Å². The molecule has 29 heavy (non-hydrogen) atoms. The first-order chi connectivity index (χ1) is 14.0. The second-order valence-electron chi connectivity index (χ2n) is 6.28. The van der Waals surface area contributed by atoms with E-state index in [4.69, 9.17) is 4.74 Å². The fraction of sp³-hybridized carbons (Fsp3) is 0.182. The summed E-state index contributed by atoms with van der Waals surface area (Å²) >= 11 is 1.35. The van der Waals surface area contributed by atoms with E-state index >= 15 is 0 Å². The minimum Gasteiger partial charge on any atom is -0.462 e. The Labute approximate surface area is 172 Å². The second kappa shape index (κ2) is 8.67. The number of esters is 1. The van der Waals surface area contributed by atoms with E-state index in [9.17, 15) is 14.9 Å². The number of benzene rings is 1. The number of H-pyrrole nitrogens is 1. The van der Waals surface area contributed by atoms with Crippen molar-refractivity contribution in [2.24, 2.45) is 0 Å². The zero-order valence-electron chi connectivity index (χ0n) is 16.3. The van der Waals surface area contributed by atoms with E-state index in [0.717, 1.165) is 11.3 Å². The zero-order chi connectivity index (χ0) is 21.0. The fourth-order valence-electron chi connectivity index (χ4n) is 2.99. The molecule has 1 aromatic carbocycles. The van der Waals surface area contributed by atoms with Crippen LogP contribution in [0.15, 0.2) is 41.3 Å². The number of nitrogens with zero attached hydrogens (tertiary/aromatic N) is 2. The molecule has 0 unspecified atom stereocenters. The Hall–Kier alpha value is -3.50. The van der Waals surface area contributed by atoms with Gasteiger partial charge in [-0.1, -0.05) is 30.3 Å². The van der Waals surface area contributed by atoms with Crippen LogP contribution in [0.1, 0.15) is 44.0 Å². The normalized spacial score (nSPS) is 11.2. The van der Waals surface area contributed by atoms with Crippen LogP contribution in [0.3, 0.4) is 0 Å². The van der Waals surface area contributed by atoms with Crippen LogP contribution in [-0.4, -0.2) is 28.3 Å². The van der Waals surface area contributed by atoms with Crippen LogP contribution in [0.2, 0.25) is 0 Å². The molecule has 0 radical (unpaired) electrons. The van der Waals surface area contributed by atoms with Gasteiger partial charge in [0.25, 0.3) is 0 Å². The molecular weight excluding hydrogens is 386 g/mol. The van der Waals surface area contributed by atoms with Crippen LogP contribution >= 0.6 is 11.3 Å². The highest BCUT2D eigenvalue weighted by molar-refractivity contribution is 7.10. The molecule has 0 amide bonds. The average molecular weight is 405 g/mol. The Bertz CT molecular complexity index is 1130. The van der Waals surface area contributed by atoms with E-state index in [2.05, 4.69) is 9.97 Å². The molecule has 0 bridgehead atoms. The van der Waals surface area contributed by atoms with Crippen molar-refractivity contribution < 1.29 is 14.3 Å². The topological polar surface area (TPSA) is 95.8 Å². The molecule has 3 aromatic rings. The van der Waals surface area contributed by atoms with E-state index in [0.29, 0.717) is 21.8 Å². The summed E-state index contributed by atoms with van der Waals surface area (Å²) in [7, 11) is 0. The monoisotopic (exact) mass is 405 g/mol. The molecule has 2 aromatic heterocycles. The minimum atomic E-state index is -0.493. The number of nitriles is 1. The van der Waals surface area contributed by atoms with E-state index < -0.39 is 11.8 Å². The number of hydrogen-bond acceptors (Lipinski definition) is 6. The maximum atomic E-state index is 12.9. The molecule has 0 saturated carbocycles. The number of carbonyl (C=O) groups is 2. The summed E-state index contributed by atoms with van der Waals surface area (Å²) in [5.74, 6) is -0.979. The number of hydrogen-bond donors (Lipinski definition) is 1. The van der Waals surface area contributed by atoms with Gasteiger partial charge < -0.3 is 9.72 Å². The van der Waals surface area contributed by atoms with Gasteiger partial charge in [-0.05, 0) is 32.4 Å². The third-order valence-corrected chi connectivity index (χ3v) is 5.16. The molecular formula is C22H19N3O3S. The van der Waals surface area contributed by atoms with Crippen molar-refractivity contribution in [3.8, 4) is 17.3 Å². The quantitative estimate of drug-likeness (QED) is 0.277. The number of rotatable bonds is 6. The molecule has 1 N–H and O–H groups in total. The van der Waals surface area contributed by atoms with Crippen LogP contribution < -0.4 is 0 Å². The largest absolute Gasteiger partial charge is 0.462 e. The Morgan fingerprint density at radius 3 is 2.66 bits per heavy atom. The van der Waals surface area contributed by atoms with Crippen molar-refractivity contribution in [1.29, 1.82) is 5.26 Å². The third-order valence-electron chi connectivity index (χ3n) is 4.37. The van der Waals surface area contributed by atoms with E-state index in [1.54, 1.807) is 20.8 Å². The number of carbonyl (C=O) groups excluding carboxylic acids is 2. The fourth-order valence-corrected chi connectivity index (χ4v) is 3.75. The zero-order valence-corrected chi connectivity index (χ0v) is 17.1. The number of ether oxygens (including phenoxy) is 1. The summed E-state index contributed by atoms with van der Waals surface area (Å²) in [6, 6.07) is 11.6. The van der Waals surface area contributed by atoms with Crippen molar-refractivity contribution >= 4 is 29.2 Å². The van der Waals surface area contributed by atoms with Gasteiger partial charge in [0.05, 0.1) is 23.6 Å². The van der Waals surface area contributed by atoms with Crippen molar-refractivity contribution in [2.75, 3.05) is 6.61 Å². The molecule has 0 aliphatic heterocycles. The summed E-state index contributed by atoms with van der Waals surface area (Å²) in [6.45, 7) is 5.31. The Kier molecular flexibility index (Phi) is 6.05.